The van der Waals surface area contributed by atoms with E-state index in [2.05, 4.69) is 9.82 Å². The molecular weight excluding hydrogens is 360 g/mol. The molecule has 0 spiro atoms. The Morgan fingerprint density at radius 1 is 1.08 bits per heavy atom. The van der Waals surface area contributed by atoms with Crippen LogP contribution in [0.2, 0.25) is 5.02 Å². The molecule has 0 aliphatic carbocycles. The van der Waals surface area contributed by atoms with Crippen LogP contribution in [0, 0.1) is 11.6 Å². The van der Waals surface area contributed by atoms with Crippen LogP contribution in [0.3, 0.4) is 0 Å². The minimum Gasteiger partial charge on any atom is -0.277 e. The summed E-state index contributed by atoms with van der Waals surface area (Å²) in [6.45, 7) is 0. The van der Waals surface area contributed by atoms with Gasteiger partial charge in [-0.3, -0.25) is 4.72 Å². The monoisotopic (exact) mass is 369 g/mol. The van der Waals surface area contributed by atoms with Crippen molar-refractivity contribution in [3.8, 4) is 5.69 Å². The molecule has 0 radical (unpaired) electrons. The lowest BCUT2D eigenvalue weighted by Crippen LogP contribution is -2.17. The number of aromatic nitrogens is 2. The topological polar surface area (TPSA) is 64.0 Å². The van der Waals surface area contributed by atoms with E-state index in [4.69, 9.17) is 11.6 Å². The van der Waals surface area contributed by atoms with Crippen molar-refractivity contribution in [2.24, 2.45) is 0 Å². The number of sulfonamides is 1. The molecule has 0 saturated carbocycles. The number of halogens is 3. The Morgan fingerprint density at radius 3 is 2.42 bits per heavy atom. The van der Waals surface area contributed by atoms with Crippen LogP contribution in [0.5, 0.6) is 0 Å². The molecule has 0 amide bonds. The Kier molecular flexibility index (Phi) is 4.25. The second kappa shape index (κ2) is 6.21. The van der Waals surface area contributed by atoms with Gasteiger partial charge in [0.2, 0.25) is 0 Å². The molecule has 0 fully saturated rings. The summed E-state index contributed by atoms with van der Waals surface area (Å²) in [6.07, 6.45) is 3.09. The summed E-state index contributed by atoms with van der Waals surface area (Å²) in [5.74, 6) is -2.38. The van der Waals surface area contributed by atoms with Crippen molar-refractivity contribution in [3.63, 3.8) is 0 Å². The molecule has 3 aromatic rings. The number of nitrogens with zero attached hydrogens (tertiary/aromatic N) is 2. The zero-order chi connectivity index (χ0) is 17.3. The zero-order valence-electron chi connectivity index (χ0n) is 11.9. The predicted octanol–water partition coefficient (Wildman–Crippen LogP) is 3.60. The summed E-state index contributed by atoms with van der Waals surface area (Å²) in [4.78, 5) is -1.06. The van der Waals surface area contributed by atoms with Crippen LogP contribution in [0.4, 0.5) is 14.5 Å². The highest BCUT2D eigenvalue weighted by atomic mass is 35.5. The van der Waals surface area contributed by atoms with E-state index >= 15 is 0 Å². The van der Waals surface area contributed by atoms with E-state index in [0.717, 1.165) is 18.2 Å². The molecule has 0 aliphatic rings. The van der Waals surface area contributed by atoms with Crippen molar-refractivity contribution in [3.05, 3.63) is 71.5 Å². The van der Waals surface area contributed by atoms with Gasteiger partial charge in [0, 0.05) is 17.4 Å². The molecule has 3 rings (SSSR count). The van der Waals surface area contributed by atoms with Gasteiger partial charge in [-0.05, 0) is 36.4 Å². The highest BCUT2D eigenvalue weighted by molar-refractivity contribution is 7.92. The lowest BCUT2D eigenvalue weighted by Gasteiger charge is -2.14. The predicted molar refractivity (Wildman–Crippen MR) is 85.7 cm³/mol. The van der Waals surface area contributed by atoms with Crippen molar-refractivity contribution < 1.29 is 17.2 Å². The van der Waals surface area contributed by atoms with Gasteiger partial charge < -0.3 is 0 Å². The molecule has 5 nitrogen and oxygen atoms in total. The van der Waals surface area contributed by atoms with Gasteiger partial charge in [0.15, 0.2) is 4.90 Å². The lowest BCUT2D eigenvalue weighted by atomic mass is 10.3. The molecule has 1 aromatic heterocycles. The first-order valence-corrected chi connectivity index (χ1v) is 8.51. The number of rotatable bonds is 4. The van der Waals surface area contributed by atoms with Gasteiger partial charge in [-0.15, -0.1) is 0 Å². The molecule has 0 aliphatic heterocycles. The van der Waals surface area contributed by atoms with E-state index in [-0.39, 0.29) is 10.7 Å². The van der Waals surface area contributed by atoms with Crippen molar-refractivity contribution in [2.75, 3.05) is 4.72 Å². The second-order valence-corrected chi connectivity index (χ2v) is 6.82. The van der Waals surface area contributed by atoms with E-state index in [1.165, 1.54) is 23.0 Å². The van der Waals surface area contributed by atoms with Gasteiger partial charge in [-0.2, -0.15) is 5.10 Å². The molecule has 2 aromatic carbocycles. The van der Waals surface area contributed by atoms with Gasteiger partial charge >= 0.3 is 0 Å². The summed E-state index contributed by atoms with van der Waals surface area (Å²) < 4.78 is 56.0. The molecule has 124 valence electrons. The minimum atomic E-state index is -4.50. The Bertz CT molecular complexity index is 972. The van der Waals surface area contributed by atoms with E-state index in [0.29, 0.717) is 5.69 Å². The first-order chi connectivity index (χ1) is 11.4. The number of hydrogen-bond acceptors (Lipinski definition) is 3. The third-order valence-corrected chi connectivity index (χ3v) is 4.79. The van der Waals surface area contributed by atoms with Crippen LogP contribution < -0.4 is 4.72 Å². The van der Waals surface area contributed by atoms with Crippen LogP contribution in [0.15, 0.2) is 59.8 Å². The molecule has 0 unspecified atom stereocenters. The first-order valence-electron chi connectivity index (χ1n) is 6.65. The van der Waals surface area contributed by atoms with Crippen LogP contribution in [0.25, 0.3) is 5.69 Å². The first kappa shape index (κ1) is 16.4. The average Bonchev–Trinajstić information content (AvgIpc) is 3.00. The van der Waals surface area contributed by atoms with E-state index in [1.54, 1.807) is 18.3 Å². The van der Waals surface area contributed by atoms with Crippen molar-refractivity contribution in [2.45, 2.75) is 4.90 Å². The van der Waals surface area contributed by atoms with Gasteiger partial charge in [0.05, 0.1) is 11.4 Å². The molecular formula is C15H10ClF2N3O2S. The zero-order valence-corrected chi connectivity index (χ0v) is 13.5. The quantitative estimate of drug-likeness (QED) is 0.764. The highest BCUT2D eigenvalue weighted by Crippen LogP contribution is 2.28. The van der Waals surface area contributed by atoms with Gasteiger partial charge in [-0.25, -0.2) is 21.9 Å². The molecule has 0 atom stereocenters. The summed E-state index contributed by atoms with van der Waals surface area (Å²) in [7, 11) is -4.50. The van der Waals surface area contributed by atoms with Gasteiger partial charge in [0.1, 0.15) is 11.6 Å². The Hall–Kier alpha value is -2.45. The van der Waals surface area contributed by atoms with Crippen molar-refractivity contribution in [1.82, 2.24) is 9.78 Å². The molecule has 9 heteroatoms. The van der Waals surface area contributed by atoms with E-state index in [1.807, 2.05) is 0 Å². The summed E-state index contributed by atoms with van der Waals surface area (Å²) in [5.41, 5.74) is 0.388. The minimum absolute atomic E-state index is 0.0360. The second-order valence-electron chi connectivity index (χ2n) is 4.77. The molecule has 0 bridgehead atoms. The summed E-state index contributed by atoms with van der Waals surface area (Å²) in [5, 5.41) is 4.25. The molecule has 1 N–H and O–H groups in total. The van der Waals surface area contributed by atoms with Gasteiger partial charge in [-0.1, -0.05) is 17.7 Å². The van der Waals surface area contributed by atoms with Crippen molar-refractivity contribution >= 4 is 27.3 Å². The van der Waals surface area contributed by atoms with Crippen LogP contribution in [-0.2, 0) is 10.0 Å². The van der Waals surface area contributed by atoms with Crippen LogP contribution in [0.1, 0.15) is 0 Å². The van der Waals surface area contributed by atoms with Gasteiger partial charge in [0.25, 0.3) is 10.0 Å². The highest BCUT2D eigenvalue weighted by Gasteiger charge is 2.25. The maximum Gasteiger partial charge on any atom is 0.267 e. The summed E-state index contributed by atoms with van der Waals surface area (Å²) >= 11 is 5.90. The number of nitrogens with one attached hydrogen (secondary N) is 1. The van der Waals surface area contributed by atoms with Crippen LogP contribution >= 0.6 is 11.6 Å². The smallest absolute Gasteiger partial charge is 0.267 e. The normalized spacial score (nSPS) is 11.5. The summed E-state index contributed by atoms with van der Waals surface area (Å²) in [6, 6.07) is 8.86. The largest absolute Gasteiger partial charge is 0.277 e. The SMILES string of the molecule is O=S(=O)(Nc1cc(Cl)ccc1-n1cccn1)c1c(F)cccc1F. The molecule has 0 saturated heterocycles. The van der Waals surface area contributed by atoms with Crippen molar-refractivity contribution in [1.29, 1.82) is 0 Å². The third kappa shape index (κ3) is 3.10. The fraction of sp³-hybridized carbons (Fsp3) is 0. The third-order valence-electron chi connectivity index (χ3n) is 3.14. The Labute approximate surface area is 141 Å². The number of hydrogen-bond donors (Lipinski definition) is 1. The van der Waals surface area contributed by atoms with E-state index < -0.39 is 26.6 Å². The Balaban J connectivity index is 2.10. The number of anilines is 1. The molecule has 24 heavy (non-hydrogen) atoms. The Morgan fingerprint density at radius 2 is 1.79 bits per heavy atom. The van der Waals surface area contributed by atoms with Crippen LogP contribution in [-0.4, -0.2) is 18.2 Å². The fourth-order valence-electron chi connectivity index (χ4n) is 2.14. The number of benzene rings is 2. The maximum atomic E-state index is 13.8. The average molecular weight is 370 g/mol. The standard InChI is InChI=1S/C15H10ClF2N3O2S/c16-10-5-6-14(21-8-2-7-19-21)13(9-10)20-24(22,23)15-11(17)3-1-4-12(15)18/h1-9,20H. The molecule has 1 heterocycles. The maximum absolute atomic E-state index is 13.8. The fourth-order valence-corrected chi connectivity index (χ4v) is 3.51. The lowest BCUT2D eigenvalue weighted by molar-refractivity contribution is 0.521. The van der Waals surface area contributed by atoms with E-state index in [9.17, 15) is 17.2 Å².